The zero-order valence-corrected chi connectivity index (χ0v) is 23.5. The van der Waals surface area contributed by atoms with Crippen LogP contribution in [0, 0.1) is 0 Å². The van der Waals surface area contributed by atoms with Gasteiger partial charge < -0.3 is 10.2 Å². The van der Waals surface area contributed by atoms with Crippen LogP contribution in [0.3, 0.4) is 0 Å². The molecule has 196 valence electrons. The Bertz CT molecular complexity index is 1140. The summed E-state index contributed by atoms with van der Waals surface area (Å²) < 4.78 is 0. The van der Waals surface area contributed by atoms with Crippen LogP contribution in [0.25, 0.3) is 0 Å². The largest absolute Gasteiger partial charge is 0.322 e. The lowest BCUT2D eigenvalue weighted by Gasteiger charge is -2.37. The molecule has 1 aliphatic carbocycles. The highest BCUT2D eigenvalue weighted by atomic mass is 35.5. The van der Waals surface area contributed by atoms with E-state index in [1.165, 1.54) is 16.7 Å². The van der Waals surface area contributed by atoms with Gasteiger partial charge in [0.15, 0.2) is 0 Å². The fourth-order valence-electron chi connectivity index (χ4n) is 5.71. The molecule has 0 aromatic heterocycles. The summed E-state index contributed by atoms with van der Waals surface area (Å²) in [4.78, 5) is 16.1. The van der Waals surface area contributed by atoms with Crippen molar-refractivity contribution < 1.29 is 4.79 Å². The minimum absolute atomic E-state index is 0.00483. The number of hydrogen-bond donors (Lipinski definition) is 1. The molecule has 3 nitrogen and oxygen atoms in total. The number of nitrogens with zero attached hydrogens (tertiary/aromatic N) is 1. The first-order valence-electron chi connectivity index (χ1n) is 13.8. The smallest absolute Gasteiger partial charge is 0.321 e. The van der Waals surface area contributed by atoms with Crippen LogP contribution >= 0.6 is 11.6 Å². The Hall–Kier alpha value is -2.78. The SMILES string of the molecule is CC(C)c1cccc(C(C)C)c1NC(=O)N(CCc1ccccc1Cl)[C@H]1CC[C@H](c2ccccc2)CC1. The predicted octanol–water partition coefficient (Wildman–Crippen LogP) is 9.39. The second-order valence-corrected chi connectivity index (χ2v) is 11.4. The lowest BCUT2D eigenvalue weighted by Crippen LogP contribution is -2.45. The van der Waals surface area contributed by atoms with Crippen LogP contribution in [-0.2, 0) is 6.42 Å². The van der Waals surface area contributed by atoms with E-state index >= 15 is 0 Å². The molecule has 3 aromatic rings. The number of benzene rings is 3. The molecule has 0 radical (unpaired) electrons. The van der Waals surface area contributed by atoms with Crippen LogP contribution in [0.5, 0.6) is 0 Å². The lowest BCUT2D eigenvalue weighted by molar-refractivity contribution is 0.163. The number of carbonyl (C=O) groups is 1. The van der Waals surface area contributed by atoms with Gasteiger partial charge in [0.1, 0.15) is 0 Å². The van der Waals surface area contributed by atoms with Crippen molar-refractivity contribution >= 4 is 23.3 Å². The molecule has 1 aliphatic rings. The monoisotopic (exact) mass is 516 g/mol. The average molecular weight is 517 g/mol. The summed E-state index contributed by atoms with van der Waals surface area (Å²) in [5.74, 6) is 1.22. The summed E-state index contributed by atoms with van der Waals surface area (Å²) in [6, 6.07) is 25.4. The molecule has 0 heterocycles. The zero-order valence-electron chi connectivity index (χ0n) is 22.7. The Morgan fingerprint density at radius 2 is 1.43 bits per heavy atom. The summed E-state index contributed by atoms with van der Waals surface area (Å²) in [6.07, 6.45) is 4.97. The van der Waals surface area contributed by atoms with E-state index in [2.05, 4.69) is 92.5 Å². The first kappa shape index (κ1) is 27.3. The molecule has 0 bridgehead atoms. The van der Waals surface area contributed by atoms with E-state index in [1.54, 1.807) is 0 Å². The summed E-state index contributed by atoms with van der Waals surface area (Å²) in [5.41, 5.74) is 5.88. The number of hydrogen-bond acceptors (Lipinski definition) is 1. The van der Waals surface area contributed by atoms with Crippen molar-refractivity contribution in [3.05, 3.63) is 100 Å². The van der Waals surface area contributed by atoms with Crippen molar-refractivity contribution in [3.8, 4) is 0 Å². The van der Waals surface area contributed by atoms with Gasteiger partial charge in [0.2, 0.25) is 0 Å². The molecule has 3 aromatic carbocycles. The van der Waals surface area contributed by atoms with E-state index < -0.39 is 0 Å². The third-order valence-corrected chi connectivity index (χ3v) is 8.22. The first-order valence-corrected chi connectivity index (χ1v) is 14.2. The van der Waals surface area contributed by atoms with Crippen LogP contribution in [0.1, 0.15) is 93.4 Å². The number of carbonyl (C=O) groups excluding carboxylic acids is 1. The summed E-state index contributed by atoms with van der Waals surface area (Å²) in [7, 11) is 0. The highest BCUT2D eigenvalue weighted by Gasteiger charge is 2.30. The van der Waals surface area contributed by atoms with Gasteiger partial charge in [-0.1, -0.05) is 106 Å². The van der Waals surface area contributed by atoms with Crippen LogP contribution in [0.2, 0.25) is 5.02 Å². The number of amides is 2. The number of nitrogens with one attached hydrogen (secondary N) is 1. The molecule has 1 fully saturated rings. The van der Waals surface area contributed by atoms with Gasteiger partial charge in [-0.05, 0) is 78.2 Å². The Labute approximate surface area is 228 Å². The molecule has 1 N–H and O–H groups in total. The predicted molar refractivity (Wildman–Crippen MR) is 157 cm³/mol. The average Bonchev–Trinajstić information content (AvgIpc) is 2.90. The standard InChI is InChI=1S/C33H41ClN2O/c1-23(2)29-14-10-15-30(24(3)4)32(29)35-33(37)36(22-21-27-13-8-9-16-31(27)34)28-19-17-26(18-20-28)25-11-6-5-7-12-25/h5-16,23-24,26,28H,17-22H2,1-4H3,(H,35,37)/t26-,28-. The van der Waals surface area contributed by atoms with Gasteiger partial charge in [0.05, 0.1) is 0 Å². The summed E-state index contributed by atoms with van der Waals surface area (Å²) >= 11 is 6.48. The van der Waals surface area contributed by atoms with Crippen molar-refractivity contribution in [1.82, 2.24) is 4.90 Å². The van der Waals surface area contributed by atoms with Crippen molar-refractivity contribution in [2.45, 2.75) is 83.6 Å². The van der Waals surface area contributed by atoms with E-state index in [-0.39, 0.29) is 12.1 Å². The van der Waals surface area contributed by atoms with E-state index in [9.17, 15) is 4.79 Å². The zero-order chi connectivity index (χ0) is 26.4. The van der Waals surface area contributed by atoms with Gasteiger partial charge in [0, 0.05) is 23.3 Å². The van der Waals surface area contributed by atoms with E-state index in [0.717, 1.165) is 48.4 Å². The summed E-state index contributed by atoms with van der Waals surface area (Å²) in [6.45, 7) is 9.41. The second kappa shape index (κ2) is 12.6. The highest BCUT2D eigenvalue weighted by molar-refractivity contribution is 6.31. The van der Waals surface area contributed by atoms with Crippen LogP contribution in [0.4, 0.5) is 10.5 Å². The lowest BCUT2D eigenvalue weighted by atomic mass is 9.81. The maximum Gasteiger partial charge on any atom is 0.322 e. The highest BCUT2D eigenvalue weighted by Crippen LogP contribution is 2.36. The fraction of sp³-hybridized carbons (Fsp3) is 0.424. The van der Waals surface area contributed by atoms with Gasteiger partial charge in [-0.15, -0.1) is 0 Å². The Kier molecular flexibility index (Phi) is 9.32. The molecule has 37 heavy (non-hydrogen) atoms. The van der Waals surface area contributed by atoms with Gasteiger partial charge >= 0.3 is 6.03 Å². The molecule has 1 saturated carbocycles. The molecule has 4 heteroatoms. The molecule has 0 unspecified atom stereocenters. The molecule has 0 saturated heterocycles. The van der Waals surface area contributed by atoms with Crippen molar-refractivity contribution in [2.75, 3.05) is 11.9 Å². The number of urea groups is 1. The quantitative estimate of drug-likeness (QED) is 0.317. The van der Waals surface area contributed by atoms with E-state index in [0.29, 0.717) is 24.3 Å². The van der Waals surface area contributed by atoms with Crippen molar-refractivity contribution in [2.24, 2.45) is 0 Å². The van der Waals surface area contributed by atoms with Gasteiger partial charge in [-0.2, -0.15) is 0 Å². The molecule has 2 amide bonds. The van der Waals surface area contributed by atoms with Crippen LogP contribution in [-0.4, -0.2) is 23.5 Å². The topological polar surface area (TPSA) is 32.3 Å². The Balaban J connectivity index is 1.56. The fourth-order valence-corrected chi connectivity index (χ4v) is 5.94. The van der Waals surface area contributed by atoms with Crippen LogP contribution in [0.15, 0.2) is 72.8 Å². The van der Waals surface area contributed by atoms with Gasteiger partial charge in [-0.25, -0.2) is 4.79 Å². The minimum Gasteiger partial charge on any atom is -0.321 e. The molecular formula is C33H41ClN2O. The van der Waals surface area contributed by atoms with Crippen molar-refractivity contribution in [3.63, 3.8) is 0 Å². The minimum atomic E-state index is 0.00483. The molecule has 0 aliphatic heterocycles. The molecule has 4 rings (SSSR count). The van der Waals surface area contributed by atoms with Gasteiger partial charge in [-0.3, -0.25) is 0 Å². The second-order valence-electron chi connectivity index (χ2n) is 11.0. The van der Waals surface area contributed by atoms with Crippen molar-refractivity contribution in [1.29, 1.82) is 0 Å². The van der Waals surface area contributed by atoms with E-state index in [1.807, 2.05) is 18.2 Å². The molecular weight excluding hydrogens is 476 g/mol. The number of para-hydroxylation sites is 1. The third kappa shape index (κ3) is 6.76. The van der Waals surface area contributed by atoms with E-state index in [4.69, 9.17) is 11.6 Å². The maximum absolute atomic E-state index is 14.0. The normalized spacial score (nSPS) is 17.7. The maximum atomic E-state index is 14.0. The number of anilines is 1. The Morgan fingerprint density at radius 1 is 0.838 bits per heavy atom. The Morgan fingerprint density at radius 3 is 2.03 bits per heavy atom. The molecule has 0 spiro atoms. The van der Waals surface area contributed by atoms with Crippen LogP contribution < -0.4 is 5.32 Å². The third-order valence-electron chi connectivity index (χ3n) is 7.85. The number of halogens is 1. The van der Waals surface area contributed by atoms with Gasteiger partial charge in [0.25, 0.3) is 0 Å². The number of rotatable bonds is 8. The summed E-state index contributed by atoms with van der Waals surface area (Å²) in [5, 5.41) is 4.15. The molecule has 0 atom stereocenters. The first-order chi connectivity index (χ1) is 17.8.